The number of amides is 3. The highest BCUT2D eigenvalue weighted by Crippen LogP contribution is 2.34. The molecule has 2 aliphatic heterocycles. The van der Waals surface area contributed by atoms with Gasteiger partial charge >= 0.3 is 6.09 Å². The second-order valence-corrected chi connectivity index (χ2v) is 9.86. The summed E-state index contributed by atoms with van der Waals surface area (Å²) in [5, 5.41) is 1.53. The van der Waals surface area contributed by atoms with Crippen molar-refractivity contribution in [1.29, 1.82) is 0 Å². The molecule has 0 bridgehead atoms. The van der Waals surface area contributed by atoms with Crippen molar-refractivity contribution in [3.8, 4) is 0 Å². The van der Waals surface area contributed by atoms with Gasteiger partial charge in [0, 0.05) is 24.5 Å². The van der Waals surface area contributed by atoms with Crippen LogP contribution in [0, 0.1) is 0 Å². The maximum absolute atomic E-state index is 12.9. The van der Waals surface area contributed by atoms with Crippen LogP contribution in [-0.4, -0.2) is 62.2 Å². The Balaban J connectivity index is 1.44. The largest absolute Gasteiger partial charge is 0.450 e. The smallest absolute Gasteiger partial charge is 0.409 e. The van der Waals surface area contributed by atoms with Crippen LogP contribution >= 0.6 is 0 Å². The van der Waals surface area contributed by atoms with Gasteiger partial charge < -0.3 is 9.64 Å². The first-order chi connectivity index (χ1) is 17.9. The number of ether oxygens (including phenoxy) is 1. The summed E-state index contributed by atoms with van der Waals surface area (Å²) < 4.78 is 29.4. The molecule has 0 aliphatic carbocycles. The van der Waals surface area contributed by atoms with Crippen molar-refractivity contribution in [2.45, 2.75) is 32.4 Å². The molecule has 0 aromatic heterocycles. The topological polar surface area (TPSA) is 107 Å². The maximum Gasteiger partial charge on any atom is 0.409 e. The number of nitrogens with zero attached hydrogens (tertiary/aromatic N) is 3. The monoisotopic (exact) mass is 521 g/mol. The third kappa shape index (κ3) is 4.58. The standard InChI is InChI=1S/C27H27N3O6S/c1-2-36-27(33)28-15-13-19(14-16-28)30(37(34)35)24-12-6-10-20-18(7-5-11-21(20)24)17-29-25(31)22-8-3-4-9-23(22)26(29)32/h3-12,19H,2,13-17H2,1H3,(H,34,35). The predicted molar refractivity (Wildman–Crippen MR) is 139 cm³/mol. The summed E-state index contributed by atoms with van der Waals surface area (Å²) in [5.41, 5.74) is 2.13. The van der Waals surface area contributed by atoms with Gasteiger partial charge in [0.2, 0.25) is 0 Å². The molecule has 9 nitrogen and oxygen atoms in total. The number of anilines is 1. The van der Waals surface area contributed by atoms with Crippen molar-refractivity contribution in [1.82, 2.24) is 9.80 Å². The Morgan fingerprint density at radius 1 is 0.973 bits per heavy atom. The van der Waals surface area contributed by atoms with E-state index < -0.39 is 11.3 Å². The number of rotatable bonds is 6. The third-order valence-corrected chi connectivity index (χ3v) is 7.76. The number of imide groups is 1. The molecule has 10 heteroatoms. The molecular weight excluding hydrogens is 494 g/mol. The van der Waals surface area contributed by atoms with E-state index in [1.807, 2.05) is 24.3 Å². The molecular formula is C27H27N3O6S. The summed E-state index contributed by atoms with van der Waals surface area (Å²) in [6.07, 6.45) is 0.646. The van der Waals surface area contributed by atoms with E-state index in [2.05, 4.69) is 0 Å². The summed E-state index contributed by atoms with van der Waals surface area (Å²) in [4.78, 5) is 40.8. The van der Waals surface area contributed by atoms with E-state index in [4.69, 9.17) is 4.74 Å². The van der Waals surface area contributed by atoms with Crippen LogP contribution in [0.3, 0.4) is 0 Å². The van der Waals surface area contributed by atoms with Gasteiger partial charge in [-0.2, -0.15) is 0 Å². The number of carbonyl (C=O) groups excluding carboxylic acids is 3. The van der Waals surface area contributed by atoms with Gasteiger partial charge in [-0.3, -0.25) is 23.3 Å². The van der Waals surface area contributed by atoms with Crippen molar-refractivity contribution < 1.29 is 27.9 Å². The number of likely N-dealkylation sites (tertiary alicyclic amines) is 1. The van der Waals surface area contributed by atoms with E-state index in [1.165, 1.54) is 9.21 Å². The zero-order chi connectivity index (χ0) is 26.1. The minimum absolute atomic E-state index is 0.0906. The third-order valence-electron chi connectivity index (χ3n) is 6.92. The lowest BCUT2D eigenvalue weighted by Gasteiger charge is -2.37. The van der Waals surface area contributed by atoms with Crippen LogP contribution < -0.4 is 4.31 Å². The van der Waals surface area contributed by atoms with Gasteiger partial charge in [0.1, 0.15) is 0 Å². The molecule has 3 aromatic rings. The van der Waals surface area contributed by atoms with Gasteiger partial charge in [0.15, 0.2) is 0 Å². The predicted octanol–water partition coefficient (Wildman–Crippen LogP) is 4.20. The highest BCUT2D eigenvalue weighted by atomic mass is 32.2. The molecule has 0 saturated carbocycles. The van der Waals surface area contributed by atoms with Crippen LogP contribution in [0.2, 0.25) is 0 Å². The highest BCUT2D eigenvalue weighted by molar-refractivity contribution is 7.80. The molecule has 5 rings (SSSR count). The molecule has 1 N–H and O–H groups in total. The Morgan fingerprint density at radius 3 is 2.22 bits per heavy atom. The molecule has 3 aromatic carbocycles. The van der Waals surface area contributed by atoms with Crippen molar-refractivity contribution in [2.75, 3.05) is 24.0 Å². The average molecular weight is 522 g/mol. The molecule has 1 atom stereocenters. The minimum Gasteiger partial charge on any atom is -0.450 e. The van der Waals surface area contributed by atoms with Crippen LogP contribution in [0.5, 0.6) is 0 Å². The van der Waals surface area contributed by atoms with E-state index >= 15 is 0 Å². The van der Waals surface area contributed by atoms with Gasteiger partial charge in [-0.05, 0) is 48.9 Å². The maximum atomic E-state index is 12.9. The molecule has 1 fully saturated rings. The summed E-state index contributed by atoms with van der Waals surface area (Å²) >= 11 is -2.30. The van der Waals surface area contributed by atoms with Crippen molar-refractivity contribution in [2.24, 2.45) is 0 Å². The van der Waals surface area contributed by atoms with E-state index in [0.29, 0.717) is 49.4 Å². The zero-order valence-corrected chi connectivity index (χ0v) is 21.1. The van der Waals surface area contributed by atoms with Gasteiger partial charge in [-0.15, -0.1) is 0 Å². The summed E-state index contributed by atoms with van der Waals surface area (Å²) in [5.74, 6) is -0.666. The number of benzene rings is 3. The lowest BCUT2D eigenvalue weighted by molar-refractivity contribution is 0.0642. The lowest BCUT2D eigenvalue weighted by atomic mass is 10.0. The first kappa shape index (κ1) is 24.9. The van der Waals surface area contributed by atoms with Crippen molar-refractivity contribution >= 4 is 45.6 Å². The Morgan fingerprint density at radius 2 is 1.59 bits per heavy atom. The molecule has 1 unspecified atom stereocenters. The molecule has 1 saturated heterocycles. The van der Waals surface area contributed by atoms with Crippen molar-refractivity contribution in [3.05, 3.63) is 77.4 Å². The fourth-order valence-electron chi connectivity index (χ4n) is 5.15. The van der Waals surface area contributed by atoms with Crippen LogP contribution in [0.15, 0.2) is 60.7 Å². The SMILES string of the molecule is CCOC(=O)N1CCC(N(c2cccc3c(CN4C(=O)c5ccccc5C4=O)cccc23)S(=O)O)CC1. The average Bonchev–Trinajstić information content (AvgIpc) is 3.14. The van der Waals surface area contributed by atoms with E-state index in [0.717, 1.165) is 16.3 Å². The minimum atomic E-state index is -2.30. The molecule has 0 radical (unpaired) electrons. The lowest BCUT2D eigenvalue weighted by Crippen LogP contribution is -2.47. The van der Waals surface area contributed by atoms with Crippen LogP contribution in [0.4, 0.5) is 10.5 Å². The van der Waals surface area contributed by atoms with Crippen LogP contribution in [0.1, 0.15) is 46.0 Å². The van der Waals surface area contributed by atoms with Gasteiger partial charge in [0.25, 0.3) is 23.1 Å². The quantitative estimate of drug-likeness (QED) is 0.385. The normalized spacial score (nSPS) is 16.7. The fourth-order valence-corrected chi connectivity index (χ4v) is 5.94. The number of piperidine rings is 1. The van der Waals surface area contributed by atoms with Crippen molar-refractivity contribution in [3.63, 3.8) is 0 Å². The van der Waals surface area contributed by atoms with Gasteiger partial charge in [-0.25, -0.2) is 9.00 Å². The van der Waals surface area contributed by atoms with Crippen LogP contribution in [0.25, 0.3) is 10.8 Å². The van der Waals surface area contributed by atoms with E-state index in [-0.39, 0.29) is 30.5 Å². The number of fused-ring (bicyclic) bond motifs is 2. The molecule has 37 heavy (non-hydrogen) atoms. The summed E-state index contributed by atoms with van der Waals surface area (Å²) in [6, 6.07) is 17.5. The summed E-state index contributed by atoms with van der Waals surface area (Å²) in [7, 11) is 0. The van der Waals surface area contributed by atoms with Crippen LogP contribution in [-0.2, 0) is 22.5 Å². The number of carbonyl (C=O) groups is 3. The Kier molecular flexibility index (Phi) is 6.94. The number of hydrogen-bond donors (Lipinski definition) is 1. The second kappa shape index (κ2) is 10.3. The molecule has 3 amide bonds. The van der Waals surface area contributed by atoms with Gasteiger partial charge in [-0.1, -0.05) is 42.5 Å². The molecule has 2 heterocycles. The zero-order valence-electron chi connectivity index (χ0n) is 20.3. The fraction of sp³-hybridized carbons (Fsp3) is 0.296. The Hall–Kier alpha value is -3.76. The Bertz CT molecular complexity index is 1370. The molecule has 2 aliphatic rings. The van der Waals surface area contributed by atoms with Gasteiger partial charge in [0.05, 0.1) is 30.0 Å². The first-order valence-electron chi connectivity index (χ1n) is 12.2. The van der Waals surface area contributed by atoms with E-state index in [9.17, 15) is 23.1 Å². The summed E-state index contributed by atoms with van der Waals surface area (Å²) in [6.45, 7) is 2.99. The second-order valence-electron chi connectivity index (χ2n) is 9.01. The highest BCUT2D eigenvalue weighted by Gasteiger charge is 2.36. The molecule has 192 valence electrons. The van der Waals surface area contributed by atoms with E-state index in [1.54, 1.807) is 48.2 Å². The Labute approximate surface area is 217 Å². The number of hydrogen-bond acceptors (Lipinski definition) is 5. The first-order valence-corrected chi connectivity index (χ1v) is 13.2. The molecule has 0 spiro atoms.